The van der Waals surface area contributed by atoms with E-state index in [-0.39, 0.29) is 17.5 Å². The van der Waals surface area contributed by atoms with E-state index in [0.29, 0.717) is 27.2 Å². The second-order valence-corrected chi connectivity index (χ2v) is 9.97. The summed E-state index contributed by atoms with van der Waals surface area (Å²) in [6, 6.07) is 26.2. The van der Waals surface area contributed by atoms with Gasteiger partial charge in [-0.3, -0.25) is 4.79 Å². The van der Waals surface area contributed by atoms with Crippen LogP contribution in [0.25, 0.3) is 32.9 Å². The van der Waals surface area contributed by atoms with E-state index in [0.717, 1.165) is 22.0 Å². The van der Waals surface area contributed by atoms with Gasteiger partial charge in [0.15, 0.2) is 4.90 Å². The summed E-state index contributed by atoms with van der Waals surface area (Å²) in [5.74, 6) is -0.165. The first-order chi connectivity index (χ1) is 18.1. The number of halogens is 1. The monoisotopic (exact) mass is 525 g/mol. The van der Waals surface area contributed by atoms with Crippen molar-refractivity contribution < 1.29 is 9.35 Å². The molecule has 0 aliphatic rings. The van der Waals surface area contributed by atoms with Gasteiger partial charge in [0.1, 0.15) is 22.6 Å². The van der Waals surface area contributed by atoms with Crippen LogP contribution in [-0.4, -0.2) is 29.6 Å². The maximum absolute atomic E-state index is 13.5. The Bertz CT molecular complexity index is 1750. The van der Waals surface area contributed by atoms with Crippen LogP contribution in [0.15, 0.2) is 102 Å². The fourth-order valence-corrected chi connectivity index (χ4v) is 5.54. The Balaban J connectivity index is 1.51. The number of nitrogens with one attached hydrogen (secondary N) is 2. The number of hydrogen-bond acceptors (Lipinski definition) is 4. The zero-order chi connectivity index (χ0) is 25.4. The molecule has 0 radical (unpaired) electrons. The van der Waals surface area contributed by atoms with E-state index in [1.165, 1.54) is 4.09 Å². The molecule has 1 unspecified atom stereocenters. The van der Waals surface area contributed by atoms with Crippen LogP contribution in [-0.2, 0) is 17.2 Å². The molecule has 6 rings (SSSR count). The van der Waals surface area contributed by atoms with Crippen LogP contribution < -0.4 is 5.32 Å². The minimum absolute atomic E-state index is 0.208. The number of pyridine rings is 1. The van der Waals surface area contributed by atoms with Crippen LogP contribution in [0.4, 0.5) is 5.69 Å². The molecule has 1 amide bonds. The van der Waals surface area contributed by atoms with E-state index in [9.17, 15) is 9.35 Å². The summed E-state index contributed by atoms with van der Waals surface area (Å²) in [6.07, 6.45) is 3.51. The Hall–Kier alpha value is -4.11. The smallest absolute Gasteiger partial charge is 0.274 e. The third-order valence-electron chi connectivity index (χ3n) is 6.09. The summed E-state index contributed by atoms with van der Waals surface area (Å²) in [5, 5.41) is 9.14. The van der Waals surface area contributed by atoms with Crippen molar-refractivity contribution in [1.82, 2.24) is 19.2 Å². The van der Waals surface area contributed by atoms with Crippen molar-refractivity contribution in [3.8, 4) is 11.1 Å². The SMILES string of the molecule is O=C(Nc1cc(-c2cccc3[nH]ccc23)cc2c1cnn2[S+]([O-])c1ccccc1)c1cccc(CCl)n1. The minimum Gasteiger partial charge on any atom is -0.586 e. The number of anilines is 1. The zero-order valence-corrected chi connectivity index (χ0v) is 21.0. The number of benzene rings is 3. The lowest BCUT2D eigenvalue weighted by atomic mass is 9.99. The summed E-state index contributed by atoms with van der Waals surface area (Å²) >= 11 is 4.34. The van der Waals surface area contributed by atoms with E-state index in [1.807, 2.05) is 60.8 Å². The zero-order valence-electron chi connectivity index (χ0n) is 19.4. The predicted octanol–water partition coefficient (Wildman–Crippen LogP) is 6.14. The lowest BCUT2D eigenvalue weighted by molar-refractivity contribution is 0.102. The second-order valence-electron chi connectivity index (χ2n) is 8.38. The van der Waals surface area contributed by atoms with Crippen molar-refractivity contribution in [1.29, 1.82) is 0 Å². The highest BCUT2D eigenvalue weighted by Gasteiger charge is 2.22. The van der Waals surface area contributed by atoms with E-state index in [4.69, 9.17) is 11.6 Å². The highest BCUT2D eigenvalue weighted by Crippen LogP contribution is 2.35. The molecule has 37 heavy (non-hydrogen) atoms. The molecule has 3 aromatic carbocycles. The molecule has 2 N–H and O–H groups in total. The van der Waals surface area contributed by atoms with Crippen LogP contribution >= 0.6 is 11.6 Å². The third-order valence-corrected chi connectivity index (χ3v) is 7.64. The van der Waals surface area contributed by atoms with Gasteiger partial charge in [-0.15, -0.1) is 16.7 Å². The molecule has 3 heterocycles. The molecule has 182 valence electrons. The Kier molecular flexibility index (Phi) is 6.13. The van der Waals surface area contributed by atoms with Crippen LogP contribution in [0.5, 0.6) is 0 Å². The molecule has 0 fully saturated rings. The fraction of sp³-hybridized carbons (Fsp3) is 0.0357. The van der Waals surface area contributed by atoms with Crippen LogP contribution in [0.2, 0.25) is 0 Å². The number of H-pyrrole nitrogens is 1. The Morgan fingerprint density at radius 2 is 1.84 bits per heavy atom. The maximum Gasteiger partial charge on any atom is 0.274 e. The number of hydrogen-bond donors (Lipinski definition) is 2. The molecule has 7 nitrogen and oxygen atoms in total. The van der Waals surface area contributed by atoms with Gasteiger partial charge >= 0.3 is 0 Å². The number of fused-ring (bicyclic) bond motifs is 2. The van der Waals surface area contributed by atoms with Crippen molar-refractivity contribution in [3.63, 3.8) is 0 Å². The van der Waals surface area contributed by atoms with Crippen LogP contribution in [0.1, 0.15) is 16.2 Å². The average molecular weight is 526 g/mol. The largest absolute Gasteiger partial charge is 0.586 e. The quantitative estimate of drug-likeness (QED) is 0.201. The first kappa shape index (κ1) is 23.3. The van der Waals surface area contributed by atoms with Crippen molar-refractivity contribution in [2.75, 3.05) is 5.32 Å². The highest BCUT2D eigenvalue weighted by atomic mass is 35.5. The van der Waals surface area contributed by atoms with Gasteiger partial charge in [-0.1, -0.05) is 40.5 Å². The van der Waals surface area contributed by atoms with Gasteiger partial charge in [-0.2, -0.15) is 0 Å². The fourth-order valence-electron chi connectivity index (χ4n) is 4.34. The molecular formula is C28H20ClN5O2S. The van der Waals surface area contributed by atoms with Crippen molar-refractivity contribution >= 4 is 56.4 Å². The van der Waals surface area contributed by atoms with Gasteiger partial charge in [0, 0.05) is 22.5 Å². The van der Waals surface area contributed by atoms with Gasteiger partial charge in [-0.05, 0) is 59.7 Å². The van der Waals surface area contributed by atoms with E-state index < -0.39 is 11.4 Å². The normalized spacial score (nSPS) is 12.2. The number of nitrogens with zero attached hydrogens (tertiary/aromatic N) is 3. The standard InChI is InChI=1S/C28H20ClN5O2S/c29-16-19-6-4-11-25(32-19)28(35)33-26-14-18(21-9-5-10-24-22(21)12-13-30-24)15-27-23(26)17-31-34(27)37(36)20-7-2-1-3-8-20/h1-15,17,30H,16H2,(H,33,35). The van der Waals surface area contributed by atoms with Crippen LogP contribution in [0.3, 0.4) is 0 Å². The van der Waals surface area contributed by atoms with E-state index >= 15 is 0 Å². The molecular weight excluding hydrogens is 506 g/mol. The maximum atomic E-state index is 13.5. The molecule has 6 aromatic rings. The molecule has 0 spiro atoms. The van der Waals surface area contributed by atoms with Crippen molar-refractivity contribution in [2.24, 2.45) is 0 Å². The summed E-state index contributed by atoms with van der Waals surface area (Å²) < 4.78 is 14.9. The summed E-state index contributed by atoms with van der Waals surface area (Å²) in [4.78, 5) is 21.4. The number of carbonyl (C=O) groups is 1. The number of alkyl halides is 1. The summed E-state index contributed by atoms with van der Waals surface area (Å²) in [5.41, 5.74) is 4.85. The highest BCUT2D eigenvalue weighted by molar-refractivity contribution is 7.90. The first-order valence-corrected chi connectivity index (χ1v) is 13.2. The van der Waals surface area contributed by atoms with Crippen LogP contribution in [0, 0.1) is 0 Å². The first-order valence-electron chi connectivity index (χ1n) is 11.5. The molecule has 0 saturated heterocycles. The molecule has 0 aliphatic heterocycles. The van der Waals surface area contributed by atoms with E-state index in [2.05, 4.69) is 20.4 Å². The minimum atomic E-state index is -1.58. The number of amides is 1. The predicted molar refractivity (Wildman–Crippen MR) is 147 cm³/mol. The molecule has 0 aliphatic carbocycles. The number of carbonyl (C=O) groups excluding carboxylic acids is 1. The van der Waals surface area contributed by atoms with E-state index in [1.54, 1.807) is 36.5 Å². The van der Waals surface area contributed by atoms with Crippen molar-refractivity contribution in [3.05, 3.63) is 109 Å². The topological polar surface area (TPSA) is 98.7 Å². The second kappa shape index (κ2) is 9.74. The molecule has 1 atom stereocenters. The Morgan fingerprint density at radius 1 is 1.00 bits per heavy atom. The lowest BCUT2D eigenvalue weighted by Crippen LogP contribution is -2.15. The average Bonchev–Trinajstić information content (AvgIpc) is 3.60. The molecule has 3 aromatic heterocycles. The number of aromatic nitrogens is 4. The lowest BCUT2D eigenvalue weighted by Gasteiger charge is -2.13. The van der Waals surface area contributed by atoms with Gasteiger partial charge in [0.05, 0.1) is 23.5 Å². The van der Waals surface area contributed by atoms with Gasteiger partial charge in [0.2, 0.25) is 0 Å². The summed E-state index contributed by atoms with van der Waals surface area (Å²) in [7, 11) is 0. The molecule has 0 bridgehead atoms. The van der Waals surface area contributed by atoms with Gasteiger partial charge in [0.25, 0.3) is 5.91 Å². The third kappa shape index (κ3) is 4.35. The van der Waals surface area contributed by atoms with Gasteiger partial charge < -0.3 is 14.9 Å². The Morgan fingerprint density at radius 3 is 2.68 bits per heavy atom. The molecule has 0 saturated carbocycles. The number of aromatic amines is 1. The van der Waals surface area contributed by atoms with Crippen molar-refractivity contribution in [2.45, 2.75) is 10.8 Å². The van der Waals surface area contributed by atoms with Gasteiger partial charge in [-0.25, -0.2) is 4.98 Å². The summed E-state index contributed by atoms with van der Waals surface area (Å²) in [6.45, 7) is 0. The molecule has 9 heteroatoms. The Labute approximate surface area is 220 Å². The number of rotatable bonds is 6.